The second-order valence-corrected chi connectivity index (χ2v) is 5.27. The SMILES string of the molecule is CC(=O)NN1C(=O)/C(=C/c2ccccc2)SC1=S. The van der Waals surface area contributed by atoms with Crippen molar-refractivity contribution in [1.29, 1.82) is 0 Å². The van der Waals surface area contributed by atoms with E-state index in [0.717, 1.165) is 10.6 Å². The molecule has 1 aliphatic rings. The predicted molar refractivity (Wildman–Crippen MR) is 75.3 cm³/mol. The van der Waals surface area contributed by atoms with Gasteiger partial charge < -0.3 is 0 Å². The molecule has 2 amide bonds. The lowest BCUT2D eigenvalue weighted by molar-refractivity contribution is -0.131. The number of hydrazine groups is 1. The van der Waals surface area contributed by atoms with Gasteiger partial charge in [0.2, 0.25) is 5.91 Å². The molecule has 0 aliphatic carbocycles. The molecule has 1 heterocycles. The van der Waals surface area contributed by atoms with Gasteiger partial charge in [0.25, 0.3) is 5.91 Å². The lowest BCUT2D eigenvalue weighted by atomic mass is 10.2. The number of carbonyl (C=O) groups is 2. The quantitative estimate of drug-likeness (QED) is 0.663. The van der Waals surface area contributed by atoms with E-state index in [1.54, 1.807) is 6.08 Å². The van der Waals surface area contributed by atoms with E-state index in [0.29, 0.717) is 9.23 Å². The Hall–Kier alpha value is -1.66. The minimum atomic E-state index is -0.327. The maximum absolute atomic E-state index is 12.0. The fourth-order valence-electron chi connectivity index (χ4n) is 1.42. The number of thioether (sulfide) groups is 1. The molecule has 0 atom stereocenters. The van der Waals surface area contributed by atoms with Gasteiger partial charge in [-0.1, -0.05) is 42.1 Å². The third-order valence-corrected chi connectivity index (χ3v) is 3.46. The molecule has 6 heteroatoms. The van der Waals surface area contributed by atoms with E-state index in [9.17, 15) is 9.59 Å². The van der Waals surface area contributed by atoms with E-state index >= 15 is 0 Å². The summed E-state index contributed by atoms with van der Waals surface area (Å²) in [6.07, 6.45) is 1.75. The Morgan fingerprint density at radius 3 is 2.67 bits per heavy atom. The van der Waals surface area contributed by atoms with Gasteiger partial charge in [-0.3, -0.25) is 15.0 Å². The summed E-state index contributed by atoms with van der Waals surface area (Å²) in [5.41, 5.74) is 3.32. The molecule has 0 bridgehead atoms. The molecule has 1 N–H and O–H groups in total. The summed E-state index contributed by atoms with van der Waals surface area (Å²) in [6.45, 7) is 1.33. The average Bonchev–Trinajstić information content (AvgIpc) is 2.58. The van der Waals surface area contributed by atoms with Gasteiger partial charge in [0.1, 0.15) is 0 Å². The van der Waals surface area contributed by atoms with Crippen molar-refractivity contribution < 1.29 is 9.59 Å². The van der Waals surface area contributed by atoms with Crippen molar-refractivity contribution in [2.75, 3.05) is 0 Å². The minimum Gasteiger partial charge on any atom is -0.274 e. The summed E-state index contributed by atoms with van der Waals surface area (Å²) >= 11 is 6.21. The van der Waals surface area contributed by atoms with E-state index in [-0.39, 0.29) is 11.8 Å². The van der Waals surface area contributed by atoms with Gasteiger partial charge in [0, 0.05) is 6.92 Å². The molecular weight excluding hydrogens is 268 g/mol. The van der Waals surface area contributed by atoms with E-state index in [1.807, 2.05) is 30.3 Å². The maximum atomic E-state index is 12.0. The summed E-state index contributed by atoms with van der Waals surface area (Å²) in [4.78, 5) is 23.5. The van der Waals surface area contributed by atoms with Crippen molar-refractivity contribution in [1.82, 2.24) is 10.4 Å². The van der Waals surface area contributed by atoms with Gasteiger partial charge in [0.15, 0.2) is 4.32 Å². The highest BCUT2D eigenvalue weighted by Crippen LogP contribution is 2.31. The molecule has 0 radical (unpaired) electrons. The van der Waals surface area contributed by atoms with Gasteiger partial charge in [0.05, 0.1) is 4.91 Å². The highest BCUT2D eigenvalue weighted by Gasteiger charge is 2.32. The van der Waals surface area contributed by atoms with Gasteiger partial charge in [-0.2, -0.15) is 5.01 Å². The number of carbonyl (C=O) groups excluding carboxylic acids is 2. The van der Waals surface area contributed by atoms with E-state index in [2.05, 4.69) is 5.43 Å². The highest BCUT2D eigenvalue weighted by molar-refractivity contribution is 8.26. The number of amides is 2. The first-order valence-corrected chi connectivity index (χ1v) is 6.40. The summed E-state index contributed by atoms with van der Waals surface area (Å²) in [7, 11) is 0. The van der Waals surface area contributed by atoms with Crippen molar-refractivity contribution in [3.05, 3.63) is 40.8 Å². The lowest BCUT2D eigenvalue weighted by Crippen LogP contribution is -2.43. The van der Waals surface area contributed by atoms with Crippen LogP contribution >= 0.6 is 24.0 Å². The third-order valence-electron chi connectivity index (χ3n) is 2.16. The topological polar surface area (TPSA) is 49.4 Å². The molecule has 2 rings (SSSR count). The van der Waals surface area contributed by atoms with Crippen LogP contribution in [0.5, 0.6) is 0 Å². The molecule has 4 nitrogen and oxygen atoms in total. The van der Waals surface area contributed by atoms with Crippen LogP contribution < -0.4 is 5.43 Å². The smallest absolute Gasteiger partial charge is 0.274 e. The molecule has 0 unspecified atom stereocenters. The Bertz CT molecular complexity index is 540. The van der Waals surface area contributed by atoms with Crippen LogP contribution in [0, 0.1) is 0 Å². The summed E-state index contributed by atoms with van der Waals surface area (Å²) in [5.74, 6) is -0.628. The Kier molecular flexibility index (Phi) is 3.78. The Morgan fingerprint density at radius 1 is 1.39 bits per heavy atom. The second kappa shape index (κ2) is 5.32. The summed E-state index contributed by atoms with van der Waals surface area (Å²) < 4.78 is 0.331. The molecule has 1 aromatic carbocycles. The van der Waals surface area contributed by atoms with Gasteiger partial charge >= 0.3 is 0 Å². The predicted octanol–water partition coefficient (Wildman–Crippen LogP) is 1.94. The molecule has 0 aromatic heterocycles. The lowest BCUT2D eigenvalue weighted by Gasteiger charge is -2.13. The standard InChI is InChI=1S/C12H10N2O2S2/c1-8(15)13-14-11(16)10(18-12(14)17)7-9-5-3-2-4-6-9/h2-7H,1H3,(H,13,15)/b10-7-. The first-order valence-electron chi connectivity index (χ1n) is 5.18. The van der Waals surface area contributed by atoms with Crippen molar-refractivity contribution in [2.45, 2.75) is 6.92 Å². The second-order valence-electron chi connectivity index (χ2n) is 3.60. The molecule has 1 fully saturated rings. The molecule has 1 saturated heterocycles. The zero-order chi connectivity index (χ0) is 13.1. The fourth-order valence-corrected chi connectivity index (χ4v) is 2.60. The molecule has 0 spiro atoms. The van der Waals surface area contributed by atoms with Crippen LogP contribution in [-0.4, -0.2) is 21.1 Å². The van der Waals surface area contributed by atoms with Crippen LogP contribution in [0.25, 0.3) is 6.08 Å². The van der Waals surface area contributed by atoms with Crippen molar-refractivity contribution in [3.63, 3.8) is 0 Å². The number of rotatable bonds is 2. The summed E-state index contributed by atoms with van der Waals surface area (Å²) in [5, 5.41) is 1.09. The normalized spacial score (nSPS) is 17.4. The monoisotopic (exact) mass is 278 g/mol. The minimum absolute atomic E-state index is 0.302. The Labute approximate surface area is 114 Å². The Morgan fingerprint density at radius 2 is 2.06 bits per heavy atom. The van der Waals surface area contributed by atoms with Crippen molar-refractivity contribution in [3.8, 4) is 0 Å². The first kappa shape index (κ1) is 12.8. The van der Waals surface area contributed by atoms with Gasteiger partial charge in [-0.15, -0.1) is 0 Å². The molecule has 92 valence electrons. The average molecular weight is 278 g/mol. The van der Waals surface area contributed by atoms with Crippen LogP contribution in [0.1, 0.15) is 12.5 Å². The van der Waals surface area contributed by atoms with Crippen LogP contribution in [-0.2, 0) is 9.59 Å². The largest absolute Gasteiger partial charge is 0.285 e. The van der Waals surface area contributed by atoms with E-state index < -0.39 is 0 Å². The number of thiocarbonyl (C=S) groups is 1. The molecular formula is C12H10N2O2S2. The van der Waals surface area contributed by atoms with E-state index in [4.69, 9.17) is 12.2 Å². The van der Waals surface area contributed by atoms with Crippen LogP contribution in [0.2, 0.25) is 0 Å². The number of nitrogens with one attached hydrogen (secondary N) is 1. The highest BCUT2D eigenvalue weighted by atomic mass is 32.2. The molecule has 1 aliphatic heterocycles. The Balaban J connectivity index is 2.23. The number of hydrogen-bond acceptors (Lipinski definition) is 4. The van der Waals surface area contributed by atoms with Gasteiger partial charge in [-0.05, 0) is 23.9 Å². The van der Waals surface area contributed by atoms with Gasteiger partial charge in [-0.25, -0.2) is 0 Å². The fraction of sp³-hybridized carbons (Fsp3) is 0.0833. The summed E-state index contributed by atoms with van der Waals surface area (Å²) in [6, 6.07) is 9.47. The number of nitrogens with zero attached hydrogens (tertiary/aromatic N) is 1. The molecule has 18 heavy (non-hydrogen) atoms. The first-order chi connectivity index (χ1) is 8.58. The van der Waals surface area contributed by atoms with Crippen LogP contribution in [0.15, 0.2) is 35.2 Å². The van der Waals surface area contributed by atoms with Crippen molar-refractivity contribution in [2.24, 2.45) is 0 Å². The van der Waals surface area contributed by atoms with Crippen molar-refractivity contribution >= 4 is 46.2 Å². The number of benzene rings is 1. The maximum Gasteiger partial charge on any atom is 0.285 e. The zero-order valence-electron chi connectivity index (χ0n) is 9.54. The zero-order valence-corrected chi connectivity index (χ0v) is 11.2. The molecule has 1 aromatic rings. The molecule has 0 saturated carbocycles. The number of hydrogen-bond donors (Lipinski definition) is 1. The van der Waals surface area contributed by atoms with E-state index in [1.165, 1.54) is 18.7 Å². The third kappa shape index (κ3) is 2.77. The van der Waals surface area contributed by atoms with Crippen LogP contribution in [0.4, 0.5) is 0 Å². The van der Waals surface area contributed by atoms with Crippen LogP contribution in [0.3, 0.4) is 0 Å².